The fraction of sp³-hybridized carbons (Fsp3) is 0.350. The number of rotatable bonds is 5. The summed E-state index contributed by atoms with van der Waals surface area (Å²) >= 11 is 0. The molecule has 1 saturated heterocycles. The minimum Gasteiger partial charge on any atom is -0.339 e. The molecule has 7 heteroatoms. The third-order valence-corrected chi connectivity index (χ3v) is 6.29. The van der Waals surface area contributed by atoms with Crippen molar-refractivity contribution in [2.75, 3.05) is 31.9 Å². The number of piperidine rings is 1. The number of likely N-dealkylation sites (tertiary alicyclic amines) is 1. The Bertz CT molecular complexity index is 890. The molecule has 1 heterocycles. The molecule has 144 valence electrons. The summed E-state index contributed by atoms with van der Waals surface area (Å²) in [5, 5.41) is 0. The van der Waals surface area contributed by atoms with E-state index in [-0.39, 0.29) is 10.8 Å². The van der Waals surface area contributed by atoms with Crippen molar-refractivity contribution in [3.05, 3.63) is 60.2 Å². The quantitative estimate of drug-likeness (QED) is 0.856. The molecule has 2 aromatic carbocycles. The van der Waals surface area contributed by atoms with E-state index in [9.17, 15) is 13.2 Å². The van der Waals surface area contributed by atoms with Gasteiger partial charge in [0.05, 0.1) is 4.90 Å². The first-order valence-electron chi connectivity index (χ1n) is 9.00. The van der Waals surface area contributed by atoms with E-state index < -0.39 is 10.0 Å². The maximum Gasteiger partial charge on any atom is 0.261 e. The van der Waals surface area contributed by atoms with Gasteiger partial charge in [0.25, 0.3) is 15.9 Å². The fourth-order valence-corrected chi connectivity index (χ4v) is 4.37. The Hall–Kier alpha value is -2.38. The SMILES string of the molecule is CN(C)C1CCN(C(=O)c2cccc(NS(=O)(=O)c3ccccc3)c2)CC1. The highest BCUT2D eigenvalue weighted by Gasteiger charge is 2.25. The molecule has 1 amide bonds. The normalized spacial score (nSPS) is 15.7. The van der Waals surface area contributed by atoms with Crippen molar-refractivity contribution in [3.63, 3.8) is 0 Å². The van der Waals surface area contributed by atoms with Gasteiger partial charge in [-0.1, -0.05) is 24.3 Å². The molecule has 1 N–H and O–H groups in total. The van der Waals surface area contributed by atoms with Crippen molar-refractivity contribution in [1.82, 2.24) is 9.80 Å². The third kappa shape index (κ3) is 4.67. The van der Waals surface area contributed by atoms with Crippen LogP contribution in [0.15, 0.2) is 59.5 Å². The van der Waals surface area contributed by atoms with Crippen molar-refractivity contribution >= 4 is 21.6 Å². The fourth-order valence-electron chi connectivity index (χ4n) is 3.30. The first-order valence-corrected chi connectivity index (χ1v) is 10.5. The lowest BCUT2D eigenvalue weighted by atomic mass is 10.0. The predicted octanol–water partition coefficient (Wildman–Crippen LogP) is 2.65. The van der Waals surface area contributed by atoms with Crippen LogP contribution in [0, 0.1) is 0 Å². The number of amides is 1. The van der Waals surface area contributed by atoms with Crippen LogP contribution in [-0.2, 0) is 10.0 Å². The minimum atomic E-state index is -3.68. The molecule has 1 aliphatic heterocycles. The number of sulfonamides is 1. The second kappa shape index (κ2) is 8.10. The van der Waals surface area contributed by atoms with Gasteiger partial charge in [0.1, 0.15) is 0 Å². The highest BCUT2D eigenvalue weighted by Crippen LogP contribution is 2.20. The molecule has 0 aromatic heterocycles. The zero-order valence-corrected chi connectivity index (χ0v) is 16.4. The standard InChI is InChI=1S/C20H25N3O3S/c1-22(2)18-11-13-23(14-12-18)20(24)16-7-6-8-17(15-16)21-27(25,26)19-9-4-3-5-10-19/h3-10,15,18,21H,11-14H2,1-2H3. The molecule has 2 aromatic rings. The summed E-state index contributed by atoms with van der Waals surface area (Å²) in [4.78, 5) is 17.0. The van der Waals surface area contributed by atoms with Gasteiger partial charge in [-0.3, -0.25) is 9.52 Å². The zero-order valence-electron chi connectivity index (χ0n) is 15.6. The number of benzene rings is 2. The van der Waals surface area contributed by atoms with Crippen molar-refractivity contribution in [2.24, 2.45) is 0 Å². The van der Waals surface area contributed by atoms with Crippen LogP contribution in [-0.4, -0.2) is 57.4 Å². The molecular weight excluding hydrogens is 362 g/mol. The van der Waals surface area contributed by atoms with Crippen LogP contribution in [0.3, 0.4) is 0 Å². The van der Waals surface area contributed by atoms with E-state index in [1.807, 2.05) is 4.90 Å². The Morgan fingerprint density at radius 2 is 1.70 bits per heavy atom. The number of hydrogen-bond donors (Lipinski definition) is 1. The van der Waals surface area contributed by atoms with Gasteiger partial charge in [-0.2, -0.15) is 0 Å². The highest BCUT2D eigenvalue weighted by molar-refractivity contribution is 7.92. The number of carbonyl (C=O) groups is 1. The molecule has 0 radical (unpaired) electrons. The van der Waals surface area contributed by atoms with Gasteiger partial charge in [0, 0.05) is 30.4 Å². The predicted molar refractivity (Wildman–Crippen MR) is 106 cm³/mol. The lowest BCUT2D eigenvalue weighted by Crippen LogP contribution is -2.44. The summed E-state index contributed by atoms with van der Waals surface area (Å²) < 4.78 is 27.5. The van der Waals surface area contributed by atoms with E-state index in [4.69, 9.17) is 0 Å². The Morgan fingerprint density at radius 3 is 2.33 bits per heavy atom. The van der Waals surface area contributed by atoms with Crippen LogP contribution in [0.25, 0.3) is 0 Å². The lowest BCUT2D eigenvalue weighted by Gasteiger charge is -2.35. The molecule has 0 aliphatic carbocycles. The van der Waals surface area contributed by atoms with Crippen LogP contribution in [0.5, 0.6) is 0 Å². The first kappa shape index (κ1) is 19.4. The first-order chi connectivity index (χ1) is 12.9. The second-order valence-corrected chi connectivity index (χ2v) is 8.67. The van der Waals surface area contributed by atoms with Gasteiger partial charge < -0.3 is 9.80 Å². The summed E-state index contributed by atoms with van der Waals surface area (Å²) in [6.07, 6.45) is 1.89. The summed E-state index contributed by atoms with van der Waals surface area (Å²) in [6.45, 7) is 1.42. The molecule has 0 bridgehead atoms. The highest BCUT2D eigenvalue weighted by atomic mass is 32.2. The van der Waals surface area contributed by atoms with Crippen molar-refractivity contribution in [2.45, 2.75) is 23.8 Å². The Morgan fingerprint density at radius 1 is 1.04 bits per heavy atom. The molecule has 3 rings (SSSR count). The molecule has 0 saturated carbocycles. The molecule has 6 nitrogen and oxygen atoms in total. The molecular formula is C20H25N3O3S. The average molecular weight is 388 g/mol. The van der Waals surface area contributed by atoms with Crippen LogP contribution in [0.1, 0.15) is 23.2 Å². The van der Waals surface area contributed by atoms with Crippen LogP contribution >= 0.6 is 0 Å². The van der Waals surface area contributed by atoms with Gasteiger partial charge in [0.2, 0.25) is 0 Å². The molecule has 0 spiro atoms. The minimum absolute atomic E-state index is 0.0621. The van der Waals surface area contributed by atoms with Crippen LogP contribution in [0.2, 0.25) is 0 Å². The van der Waals surface area contributed by atoms with Gasteiger partial charge >= 0.3 is 0 Å². The van der Waals surface area contributed by atoms with Crippen molar-refractivity contribution in [3.8, 4) is 0 Å². The van der Waals surface area contributed by atoms with E-state index in [2.05, 4.69) is 23.7 Å². The smallest absolute Gasteiger partial charge is 0.261 e. The van der Waals surface area contributed by atoms with Crippen LogP contribution in [0.4, 0.5) is 5.69 Å². The Balaban J connectivity index is 1.71. The second-order valence-electron chi connectivity index (χ2n) is 6.99. The van der Waals surface area contributed by atoms with E-state index in [0.29, 0.717) is 30.4 Å². The maximum atomic E-state index is 12.8. The topological polar surface area (TPSA) is 69.7 Å². The number of nitrogens with zero attached hydrogens (tertiary/aromatic N) is 2. The monoisotopic (exact) mass is 387 g/mol. The Labute approximate surface area is 160 Å². The van der Waals surface area contributed by atoms with E-state index in [1.165, 1.54) is 12.1 Å². The number of hydrogen-bond acceptors (Lipinski definition) is 4. The molecule has 0 unspecified atom stereocenters. The lowest BCUT2D eigenvalue weighted by molar-refractivity contribution is 0.0663. The number of nitrogens with one attached hydrogen (secondary N) is 1. The van der Waals surface area contributed by atoms with E-state index in [1.54, 1.807) is 42.5 Å². The zero-order chi connectivity index (χ0) is 19.4. The van der Waals surface area contributed by atoms with E-state index in [0.717, 1.165) is 12.8 Å². The molecule has 1 aliphatic rings. The largest absolute Gasteiger partial charge is 0.339 e. The molecule has 1 fully saturated rings. The Kier molecular flexibility index (Phi) is 5.82. The third-order valence-electron chi connectivity index (χ3n) is 4.90. The maximum absolute atomic E-state index is 12.8. The van der Waals surface area contributed by atoms with Gasteiger partial charge in [-0.15, -0.1) is 0 Å². The number of anilines is 1. The summed E-state index contributed by atoms with van der Waals surface area (Å²) in [5.74, 6) is -0.0621. The average Bonchev–Trinajstić information content (AvgIpc) is 2.68. The van der Waals surface area contributed by atoms with E-state index >= 15 is 0 Å². The van der Waals surface area contributed by atoms with Gasteiger partial charge in [0.15, 0.2) is 0 Å². The van der Waals surface area contributed by atoms with Crippen LogP contribution < -0.4 is 4.72 Å². The number of carbonyl (C=O) groups excluding carboxylic acids is 1. The van der Waals surface area contributed by atoms with Crippen molar-refractivity contribution < 1.29 is 13.2 Å². The summed E-state index contributed by atoms with van der Waals surface area (Å²) in [5.41, 5.74) is 0.874. The summed E-state index contributed by atoms with van der Waals surface area (Å²) in [6, 6.07) is 15.3. The molecule has 27 heavy (non-hydrogen) atoms. The summed E-state index contributed by atoms with van der Waals surface area (Å²) in [7, 11) is 0.442. The molecule has 0 atom stereocenters. The van der Waals surface area contributed by atoms with Gasteiger partial charge in [-0.05, 0) is 57.3 Å². The van der Waals surface area contributed by atoms with Crippen molar-refractivity contribution in [1.29, 1.82) is 0 Å². The van der Waals surface area contributed by atoms with Gasteiger partial charge in [-0.25, -0.2) is 8.42 Å².